The molecule has 2 aromatic heterocycles. The largest absolute Gasteiger partial charge is 0.282 e. The Morgan fingerprint density at radius 2 is 2.08 bits per heavy atom. The Kier molecular flexibility index (Phi) is 4.25. The fourth-order valence-corrected chi connectivity index (χ4v) is 3.99. The summed E-state index contributed by atoms with van der Waals surface area (Å²) in [5.41, 5.74) is 3.14. The van der Waals surface area contributed by atoms with Gasteiger partial charge in [-0.15, -0.1) is 0 Å². The van der Waals surface area contributed by atoms with Crippen LogP contribution in [-0.4, -0.2) is 15.9 Å². The van der Waals surface area contributed by atoms with E-state index in [1.165, 1.54) is 5.56 Å². The lowest BCUT2D eigenvalue weighted by atomic mass is 10.0. The second kappa shape index (κ2) is 6.56. The first kappa shape index (κ1) is 16.2. The molecule has 0 atom stereocenters. The highest BCUT2D eigenvalue weighted by Crippen LogP contribution is 2.37. The van der Waals surface area contributed by atoms with Crippen molar-refractivity contribution in [1.29, 1.82) is 0 Å². The van der Waals surface area contributed by atoms with E-state index in [1.807, 2.05) is 23.1 Å². The third-order valence-corrected chi connectivity index (χ3v) is 5.57. The number of carbonyl (C=O) groups is 1. The normalized spacial score (nSPS) is 14.2. The molecule has 128 valence electrons. The van der Waals surface area contributed by atoms with E-state index < -0.39 is 0 Å². The van der Waals surface area contributed by atoms with Gasteiger partial charge in [0, 0.05) is 12.1 Å². The summed E-state index contributed by atoms with van der Waals surface area (Å²) < 4.78 is 1.14. The van der Waals surface area contributed by atoms with Gasteiger partial charge >= 0.3 is 0 Å². The van der Waals surface area contributed by atoms with Crippen LogP contribution in [0.25, 0.3) is 10.2 Å². The number of hydrogen-bond acceptors (Lipinski definition) is 4. The van der Waals surface area contributed by atoms with Gasteiger partial charge in [-0.3, -0.25) is 14.7 Å². The van der Waals surface area contributed by atoms with Crippen LogP contribution in [0.1, 0.15) is 43.9 Å². The van der Waals surface area contributed by atoms with Crippen LogP contribution >= 0.6 is 11.3 Å². The van der Waals surface area contributed by atoms with Gasteiger partial charge in [0.05, 0.1) is 22.5 Å². The van der Waals surface area contributed by atoms with E-state index in [1.54, 1.807) is 17.5 Å². The number of amides is 1. The number of pyridine rings is 1. The summed E-state index contributed by atoms with van der Waals surface area (Å²) in [6.45, 7) is 4.83. The molecule has 0 saturated heterocycles. The van der Waals surface area contributed by atoms with Gasteiger partial charge in [0.25, 0.3) is 0 Å². The Labute approximate surface area is 151 Å². The zero-order valence-electron chi connectivity index (χ0n) is 14.5. The number of aromatic nitrogens is 2. The van der Waals surface area contributed by atoms with Gasteiger partial charge in [-0.1, -0.05) is 43.4 Å². The first-order valence-electron chi connectivity index (χ1n) is 8.74. The van der Waals surface area contributed by atoms with Crippen LogP contribution in [0.5, 0.6) is 0 Å². The Morgan fingerprint density at radius 1 is 1.24 bits per heavy atom. The van der Waals surface area contributed by atoms with Crippen molar-refractivity contribution >= 4 is 32.6 Å². The van der Waals surface area contributed by atoms with Crippen molar-refractivity contribution in [2.75, 3.05) is 4.90 Å². The van der Waals surface area contributed by atoms with E-state index in [0.717, 1.165) is 33.9 Å². The quantitative estimate of drug-likeness (QED) is 0.666. The van der Waals surface area contributed by atoms with Crippen LogP contribution in [0, 0.1) is 5.92 Å². The lowest BCUT2D eigenvalue weighted by Crippen LogP contribution is -2.31. The summed E-state index contributed by atoms with van der Waals surface area (Å²) >= 11 is 1.60. The fraction of sp³-hybridized carbons (Fsp3) is 0.350. The molecule has 0 unspecified atom stereocenters. The van der Waals surface area contributed by atoms with Crippen molar-refractivity contribution < 1.29 is 4.79 Å². The number of carbonyl (C=O) groups excluding carboxylic acids is 1. The van der Waals surface area contributed by atoms with Crippen molar-refractivity contribution in [3.63, 3.8) is 0 Å². The lowest BCUT2D eigenvalue weighted by molar-refractivity contribution is -0.119. The Morgan fingerprint density at radius 3 is 2.76 bits per heavy atom. The molecule has 1 saturated carbocycles. The average molecular weight is 351 g/mol. The Bertz CT molecular complexity index is 900. The van der Waals surface area contributed by atoms with Crippen LogP contribution in [0.2, 0.25) is 0 Å². The van der Waals surface area contributed by atoms with Crippen molar-refractivity contribution in [2.45, 2.75) is 39.2 Å². The maximum Gasteiger partial charge on any atom is 0.232 e. The molecule has 0 N–H and O–H groups in total. The van der Waals surface area contributed by atoms with Gasteiger partial charge in [-0.2, -0.15) is 0 Å². The molecule has 1 aromatic carbocycles. The molecule has 3 aromatic rings. The van der Waals surface area contributed by atoms with Crippen molar-refractivity contribution in [1.82, 2.24) is 9.97 Å². The molecule has 25 heavy (non-hydrogen) atoms. The molecule has 0 spiro atoms. The van der Waals surface area contributed by atoms with E-state index in [9.17, 15) is 4.79 Å². The van der Waals surface area contributed by atoms with Gasteiger partial charge in [0.1, 0.15) is 0 Å². The van der Waals surface area contributed by atoms with Gasteiger partial charge in [0.2, 0.25) is 5.91 Å². The molecule has 1 amide bonds. The predicted molar refractivity (Wildman–Crippen MR) is 102 cm³/mol. The van der Waals surface area contributed by atoms with Gasteiger partial charge in [-0.05, 0) is 42.5 Å². The standard InChI is InChI=1S/C20H21N3OS/c1-13(2)16-7-5-8-17-18(16)22-20(25-17)23(19(24)14-9-10-14)12-15-6-3-4-11-21-15/h3-8,11,13-14H,9-10,12H2,1-2H3. The highest BCUT2D eigenvalue weighted by Gasteiger charge is 2.35. The SMILES string of the molecule is CC(C)c1cccc2sc(N(Cc3ccccn3)C(=O)C3CC3)nc12. The lowest BCUT2D eigenvalue weighted by Gasteiger charge is -2.19. The maximum absolute atomic E-state index is 12.9. The highest BCUT2D eigenvalue weighted by molar-refractivity contribution is 7.22. The van der Waals surface area contributed by atoms with E-state index in [2.05, 4.69) is 37.0 Å². The Hall–Kier alpha value is -2.27. The summed E-state index contributed by atoms with van der Waals surface area (Å²) in [4.78, 5) is 23.9. The second-order valence-corrected chi connectivity index (χ2v) is 7.87. The summed E-state index contributed by atoms with van der Waals surface area (Å²) in [5, 5.41) is 0.783. The average Bonchev–Trinajstić information content (AvgIpc) is 3.38. The van der Waals surface area contributed by atoms with Gasteiger partial charge in [-0.25, -0.2) is 4.98 Å². The first-order chi connectivity index (χ1) is 12.1. The molecule has 4 rings (SSSR count). The molecule has 1 aliphatic rings. The third-order valence-electron chi connectivity index (χ3n) is 4.53. The summed E-state index contributed by atoms with van der Waals surface area (Å²) in [5.74, 6) is 0.734. The van der Waals surface area contributed by atoms with Gasteiger partial charge < -0.3 is 0 Å². The Balaban J connectivity index is 1.75. The number of thiazole rings is 1. The molecule has 4 nitrogen and oxygen atoms in total. The second-order valence-electron chi connectivity index (χ2n) is 6.86. The van der Waals surface area contributed by atoms with E-state index in [-0.39, 0.29) is 11.8 Å². The number of rotatable bonds is 5. The molecule has 0 aliphatic heterocycles. The molecule has 0 bridgehead atoms. The van der Waals surface area contributed by atoms with Crippen molar-refractivity contribution in [3.8, 4) is 0 Å². The number of benzene rings is 1. The minimum atomic E-state index is 0.153. The summed E-state index contributed by atoms with van der Waals surface area (Å²) in [7, 11) is 0. The maximum atomic E-state index is 12.9. The van der Waals surface area contributed by atoms with Crippen LogP contribution in [0.15, 0.2) is 42.6 Å². The monoisotopic (exact) mass is 351 g/mol. The molecular formula is C20H21N3OS. The van der Waals surface area contributed by atoms with E-state index in [4.69, 9.17) is 4.98 Å². The van der Waals surface area contributed by atoms with E-state index in [0.29, 0.717) is 12.5 Å². The van der Waals surface area contributed by atoms with Crippen molar-refractivity contribution in [2.24, 2.45) is 5.92 Å². The number of hydrogen-bond donors (Lipinski definition) is 0. The van der Waals surface area contributed by atoms with E-state index >= 15 is 0 Å². The number of nitrogens with zero attached hydrogens (tertiary/aromatic N) is 3. The highest BCUT2D eigenvalue weighted by atomic mass is 32.1. The zero-order valence-corrected chi connectivity index (χ0v) is 15.3. The van der Waals surface area contributed by atoms with Crippen LogP contribution in [-0.2, 0) is 11.3 Å². The topological polar surface area (TPSA) is 46.1 Å². The summed E-state index contributed by atoms with van der Waals surface area (Å²) in [6, 6.07) is 12.1. The molecule has 5 heteroatoms. The minimum Gasteiger partial charge on any atom is -0.282 e. The number of anilines is 1. The third kappa shape index (κ3) is 3.29. The van der Waals surface area contributed by atoms with Gasteiger partial charge in [0.15, 0.2) is 5.13 Å². The minimum absolute atomic E-state index is 0.153. The van der Waals surface area contributed by atoms with Crippen LogP contribution < -0.4 is 4.90 Å². The number of fused-ring (bicyclic) bond motifs is 1. The zero-order chi connectivity index (χ0) is 17.4. The molecule has 1 aliphatic carbocycles. The molecule has 2 heterocycles. The predicted octanol–water partition coefficient (Wildman–Crippen LogP) is 4.76. The first-order valence-corrected chi connectivity index (χ1v) is 9.56. The fourth-order valence-electron chi connectivity index (χ4n) is 2.98. The summed E-state index contributed by atoms with van der Waals surface area (Å²) in [6.07, 6.45) is 3.74. The molecule has 0 radical (unpaired) electrons. The van der Waals surface area contributed by atoms with Crippen LogP contribution in [0.3, 0.4) is 0 Å². The smallest absolute Gasteiger partial charge is 0.232 e. The molecule has 1 fully saturated rings. The number of para-hydroxylation sites is 1. The van der Waals surface area contributed by atoms with Crippen LogP contribution in [0.4, 0.5) is 5.13 Å². The molecular weight excluding hydrogens is 330 g/mol. The van der Waals surface area contributed by atoms with Crippen molar-refractivity contribution in [3.05, 3.63) is 53.9 Å².